The lowest BCUT2D eigenvalue weighted by Gasteiger charge is -2.28. The molecule has 0 saturated carbocycles. The first-order valence-electron chi connectivity index (χ1n) is 12.6. The lowest BCUT2D eigenvalue weighted by molar-refractivity contribution is 0.193. The van der Waals surface area contributed by atoms with Gasteiger partial charge >= 0.3 is 0 Å². The van der Waals surface area contributed by atoms with Crippen molar-refractivity contribution in [3.63, 3.8) is 0 Å². The monoisotopic (exact) mass is 529 g/mol. The van der Waals surface area contributed by atoms with Crippen LogP contribution in [0.5, 0.6) is 0 Å². The van der Waals surface area contributed by atoms with Crippen molar-refractivity contribution in [3.05, 3.63) is 99.6 Å². The van der Waals surface area contributed by atoms with Crippen LogP contribution in [0, 0.1) is 5.92 Å². The van der Waals surface area contributed by atoms with Gasteiger partial charge in [-0.3, -0.25) is 4.99 Å². The van der Waals surface area contributed by atoms with Crippen molar-refractivity contribution in [1.82, 2.24) is 14.9 Å². The zero-order chi connectivity index (χ0) is 26.8. The quantitative estimate of drug-likeness (QED) is 0.423. The second kappa shape index (κ2) is 11.0. The lowest BCUT2D eigenvalue weighted by atomic mass is 9.92. The van der Waals surface area contributed by atoms with E-state index in [1.807, 2.05) is 30.5 Å². The number of nitrogens with one attached hydrogen (secondary N) is 1. The van der Waals surface area contributed by atoms with Crippen LogP contribution in [-0.4, -0.2) is 54.9 Å². The molecule has 1 aliphatic carbocycles. The predicted octanol–water partition coefficient (Wildman–Crippen LogP) is 5.70. The smallest absolute Gasteiger partial charge is 0.223 e. The molecule has 7 nitrogen and oxygen atoms in total. The molecule has 2 aliphatic rings. The van der Waals surface area contributed by atoms with Gasteiger partial charge in [-0.1, -0.05) is 54.9 Å². The first-order valence-corrected chi connectivity index (χ1v) is 13.0. The topological polar surface area (TPSA) is 71.9 Å². The molecular weight excluding hydrogens is 498 g/mol. The molecule has 1 N–H and O–H groups in total. The molecule has 0 radical (unpaired) electrons. The minimum Gasteiger partial charge on any atom is -0.497 e. The first kappa shape index (κ1) is 25.9. The maximum absolute atomic E-state index is 6.52. The summed E-state index contributed by atoms with van der Waals surface area (Å²) in [5.41, 5.74) is 6.98. The Bertz CT molecular complexity index is 1450. The summed E-state index contributed by atoms with van der Waals surface area (Å²) in [5, 5.41) is 4.14. The summed E-state index contributed by atoms with van der Waals surface area (Å²) < 4.78 is 11.1. The van der Waals surface area contributed by atoms with E-state index < -0.39 is 0 Å². The third-order valence-corrected chi connectivity index (χ3v) is 7.14. The minimum atomic E-state index is -0.0536. The van der Waals surface area contributed by atoms with Crippen LogP contribution in [0.25, 0.3) is 11.3 Å². The van der Waals surface area contributed by atoms with Gasteiger partial charge in [0.1, 0.15) is 5.76 Å². The Hall–Kier alpha value is -3.68. The highest BCUT2D eigenvalue weighted by Gasteiger charge is 2.28. The second-order valence-corrected chi connectivity index (χ2v) is 10.2. The number of hydrogen-bond donors (Lipinski definition) is 1. The Morgan fingerprint density at radius 1 is 1.05 bits per heavy atom. The van der Waals surface area contributed by atoms with E-state index in [9.17, 15) is 0 Å². The van der Waals surface area contributed by atoms with Crippen molar-refractivity contribution in [2.75, 3.05) is 33.6 Å². The van der Waals surface area contributed by atoms with Gasteiger partial charge in [0.15, 0.2) is 5.76 Å². The number of methoxy groups -OCH3 is 2. The molecule has 8 heteroatoms. The molecule has 5 rings (SSSR count). The number of halogens is 1. The Kier molecular flexibility index (Phi) is 7.49. The van der Waals surface area contributed by atoms with Crippen LogP contribution >= 0.6 is 11.6 Å². The summed E-state index contributed by atoms with van der Waals surface area (Å²) in [6.07, 6.45) is 5.84. The molecule has 2 atom stereocenters. The van der Waals surface area contributed by atoms with Gasteiger partial charge in [0.25, 0.3) is 0 Å². The summed E-state index contributed by atoms with van der Waals surface area (Å²) in [5.74, 6) is 2.10. The number of aliphatic imine (C=N–C) groups is 1. The second-order valence-electron chi connectivity index (χ2n) is 9.77. The number of fused-ring (bicyclic) bond motifs is 3. The van der Waals surface area contributed by atoms with Crippen molar-refractivity contribution in [1.29, 1.82) is 0 Å². The number of aromatic nitrogens is 2. The molecule has 1 aliphatic heterocycles. The maximum Gasteiger partial charge on any atom is 0.223 e. The van der Waals surface area contributed by atoms with E-state index >= 15 is 0 Å². The SMILES string of the molecule is COC1=C(OC)C(C)C(Nc2ncc3c(n2)-c2ccc(Cl)cc2C(c2ccccc2CN(C)C)=NC3)C=C1. The van der Waals surface area contributed by atoms with E-state index in [-0.39, 0.29) is 12.0 Å². The van der Waals surface area contributed by atoms with Crippen molar-refractivity contribution in [2.24, 2.45) is 10.9 Å². The molecule has 3 aromatic rings. The highest BCUT2D eigenvalue weighted by molar-refractivity contribution is 6.31. The van der Waals surface area contributed by atoms with E-state index in [0.717, 1.165) is 51.7 Å². The number of rotatable bonds is 7. The third kappa shape index (κ3) is 5.04. The summed E-state index contributed by atoms with van der Waals surface area (Å²) in [4.78, 5) is 16.9. The molecule has 1 aromatic heterocycles. The molecule has 0 saturated heterocycles. The largest absolute Gasteiger partial charge is 0.497 e. The summed E-state index contributed by atoms with van der Waals surface area (Å²) in [6, 6.07) is 14.3. The molecule has 0 bridgehead atoms. The van der Waals surface area contributed by atoms with E-state index in [4.69, 9.17) is 31.1 Å². The van der Waals surface area contributed by atoms with E-state index in [1.54, 1.807) is 14.2 Å². The highest BCUT2D eigenvalue weighted by atomic mass is 35.5. The fraction of sp³-hybridized carbons (Fsp3) is 0.300. The Labute approximate surface area is 228 Å². The van der Waals surface area contributed by atoms with Crippen molar-refractivity contribution < 1.29 is 9.47 Å². The number of nitrogens with zero attached hydrogens (tertiary/aromatic N) is 4. The van der Waals surface area contributed by atoms with Crippen LogP contribution in [0.4, 0.5) is 5.95 Å². The van der Waals surface area contributed by atoms with Gasteiger partial charge in [-0.2, -0.15) is 0 Å². The van der Waals surface area contributed by atoms with Crippen molar-refractivity contribution in [2.45, 2.75) is 26.1 Å². The zero-order valence-electron chi connectivity index (χ0n) is 22.3. The van der Waals surface area contributed by atoms with Crippen molar-refractivity contribution in [3.8, 4) is 11.3 Å². The van der Waals surface area contributed by atoms with Crippen LogP contribution in [-0.2, 0) is 22.6 Å². The molecule has 38 heavy (non-hydrogen) atoms. The molecule has 2 unspecified atom stereocenters. The van der Waals surface area contributed by atoms with Crippen molar-refractivity contribution >= 4 is 23.3 Å². The number of allylic oxidation sites excluding steroid dienone is 1. The number of hydrogen-bond acceptors (Lipinski definition) is 7. The number of benzene rings is 2. The fourth-order valence-corrected chi connectivity index (χ4v) is 5.23. The van der Waals surface area contributed by atoms with E-state index in [2.05, 4.69) is 66.6 Å². The van der Waals surface area contributed by atoms with Crippen LogP contribution < -0.4 is 5.32 Å². The van der Waals surface area contributed by atoms with Gasteiger partial charge in [0.2, 0.25) is 5.95 Å². The molecule has 2 heterocycles. The van der Waals surface area contributed by atoms with Crippen LogP contribution in [0.15, 0.2) is 77.3 Å². The summed E-state index contributed by atoms with van der Waals surface area (Å²) in [6.45, 7) is 3.37. The Morgan fingerprint density at radius 3 is 2.63 bits per heavy atom. The van der Waals surface area contributed by atoms with Gasteiger partial charge < -0.3 is 19.7 Å². The Balaban J connectivity index is 1.54. The minimum absolute atomic E-state index is 0.0385. The molecule has 2 aromatic carbocycles. The van der Waals surface area contributed by atoms with Gasteiger partial charge in [0, 0.05) is 45.9 Å². The number of anilines is 1. The van der Waals surface area contributed by atoms with Gasteiger partial charge in [-0.25, -0.2) is 9.97 Å². The van der Waals surface area contributed by atoms with Gasteiger partial charge in [0.05, 0.1) is 38.2 Å². The normalized spacial score (nSPS) is 18.4. The predicted molar refractivity (Wildman–Crippen MR) is 152 cm³/mol. The third-order valence-electron chi connectivity index (χ3n) is 6.91. The lowest BCUT2D eigenvalue weighted by Crippen LogP contribution is -2.31. The van der Waals surface area contributed by atoms with Gasteiger partial charge in [-0.05, 0) is 37.9 Å². The van der Waals surface area contributed by atoms with Gasteiger partial charge in [-0.15, -0.1) is 0 Å². The van der Waals surface area contributed by atoms with Crippen LogP contribution in [0.2, 0.25) is 5.02 Å². The molecular formula is C30H32ClN5O2. The van der Waals surface area contributed by atoms with E-state index in [1.165, 1.54) is 5.56 Å². The number of ether oxygens (including phenoxy) is 2. The molecule has 0 fully saturated rings. The highest BCUT2D eigenvalue weighted by Crippen LogP contribution is 2.35. The molecule has 0 spiro atoms. The first-order chi connectivity index (χ1) is 18.4. The zero-order valence-corrected chi connectivity index (χ0v) is 23.1. The van der Waals surface area contributed by atoms with E-state index in [0.29, 0.717) is 17.5 Å². The standard InChI is InChI=1S/C30H32ClN5O2/c1-18-25(12-13-26(37-4)29(18)38-5)34-30-33-16-20-15-32-28(22-9-7-6-8-19(22)17-36(2)3)24-14-21(31)10-11-23(24)27(20)35-30/h6-14,16,18,25H,15,17H2,1-5H3,(H,33,34,35). The summed E-state index contributed by atoms with van der Waals surface area (Å²) in [7, 11) is 7.45. The summed E-state index contributed by atoms with van der Waals surface area (Å²) >= 11 is 6.52. The average Bonchev–Trinajstić information content (AvgIpc) is 3.06. The van der Waals surface area contributed by atoms with Crippen LogP contribution in [0.1, 0.15) is 29.2 Å². The fourth-order valence-electron chi connectivity index (χ4n) is 5.06. The Morgan fingerprint density at radius 2 is 1.87 bits per heavy atom. The maximum atomic E-state index is 6.52. The average molecular weight is 530 g/mol. The molecule has 196 valence electrons. The molecule has 0 amide bonds. The van der Waals surface area contributed by atoms with Crippen LogP contribution in [0.3, 0.4) is 0 Å².